The minimum atomic E-state index is -0.392. The first-order valence-corrected chi connectivity index (χ1v) is 9.80. The fourth-order valence-corrected chi connectivity index (χ4v) is 3.58. The predicted octanol–water partition coefficient (Wildman–Crippen LogP) is 4.27. The van der Waals surface area contributed by atoms with Crippen LogP contribution in [-0.4, -0.2) is 41.0 Å². The van der Waals surface area contributed by atoms with Gasteiger partial charge in [-0.05, 0) is 23.8 Å². The fourth-order valence-electron chi connectivity index (χ4n) is 3.34. The molecule has 1 atom stereocenters. The van der Waals surface area contributed by atoms with Crippen molar-refractivity contribution in [2.75, 3.05) is 13.6 Å². The highest BCUT2D eigenvalue weighted by molar-refractivity contribution is 6.34. The van der Waals surface area contributed by atoms with E-state index < -0.39 is 6.04 Å². The third-order valence-electron chi connectivity index (χ3n) is 4.85. The van der Waals surface area contributed by atoms with E-state index in [9.17, 15) is 14.0 Å². The van der Waals surface area contributed by atoms with Gasteiger partial charge in [0.1, 0.15) is 12.4 Å². The summed E-state index contributed by atoms with van der Waals surface area (Å²) >= 11 is 6.32. The number of halogens is 2. The summed E-state index contributed by atoms with van der Waals surface area (Å²) in [6.07, 6.45) is 0.447. The van der Waals surface area contributed by atoms with Crippen molar-refractivity contribution in [1.82, 2.24) is 9.91 Å². The molecule has 0 aliphatic carbocycles. The first-order valence-electron chi connectivity index (χ1n) is 9.42. The highest BCUT2D eigenvalue weighted by Gasteiger charge is 2.34. The van der Waals surface area contributed by atoms with Crippen LogP contribution in [0.5, 0.6) is 0 Å². The number of carbonyl (C=O) groups excluding carboxylic acids is 2. The van der Waals surface area contributed by atoms with Crippen molar-refractivity contribution in [3.8, 4) is 0 Å². The molecule has 2 aromatic carbocycles. The molecule has 1 heterocycles. The molecule has 0 N–H and O–H groups in total. The summed E-state index contributed by atoms with van der Waals surface area (Å²) in [7, 11) is 1.60. The molecule has 1 aliphatic rings. The maximum Gasteiger partial charge on any atom is 0.262 e. The number of hydrogen-bond donors (Lipinski definition) is 0. The second kappa shape index (κ2) is 8.74. The Morgan fingerprint density at radius 1 is 1.21 bits per heavy atom. The number of carbonyl (C=O) groups is 2. The van der Waals surface area contributed by atoms with E-state index in [-0.39, 0.29) is 30.1 Å². The van der Waals surface area contributed by atoms with Crippen molar-refractivity contribution >= 4 is 29.1 Å². The number of benzene rings is 2. The summed E-state index contributed by atoms with van der Waals surface area (Å²) < 4.78 is 13.4. The Morgan fingerprint density at radius 3 is 2.48 bits per heavy atom. The van der Waals surface area contributed by atoms with E-state index in [1.807, 2.05) is 18.2 Å². The lowest BCUT2D eigenvalue weighted by Crippen LogP contribution is -2.40. The number of likely N-dealkylation sites (N-methyl/N-ethyl adjacent to an activating group) is 1. The Morgan fingerprint density at radius 2 is 1.86 bits per heavy atom. The van der Waals surface area contributed by atoms with E-state index in [1.54, 1.807) is 39.1 Å². The van der Waals surface area contributed by atoms with Gasteiger partial charge in [-0.3, -0.25) is 9.59 Å². The van der Waals surface area contributed by atoms with Gasteiger partial charge in [0, 0.05) is 30.0 Å². The third-order valence-corrected chi connectivity index (χ3v) is 5.18. The lowest BCUT2D eigenvalue weighted by atomic mass is 9.98. The van der Waals surface area contributed by atoms with Crippen molar-refractivity contribution in [2.24, 2.45) is 11.0 Å². The van der Waals surface area contributed by atoms with Crippen LogP contribution in [0.4, 0.5) is 4.39 Å². The molecule has 0 aromatic heterocycles. The SMILES string of the molecule is CC(C)C(=O)N(C)CC(=O)N1N=C(c2ccccc2Cl)C[C@@H]1c1ccc(F)cc1. The molecule has 29 heavy (non-hydrogen) atoms. The van der Waals surface area contributed by atoms with E-state index in [1.165, 1.54) is 22.0 Å². The van der Waals surface area contributed by atoms with Crippen molar-refractivity contribution in [3.05, 3.63) is 70.5 Å². The van der Waals surface area contributed by atoms with Gasteiger partial charge in [-0.15, -0.1) is 0 Å². The molecule has 0 saturated carbocycles. The molecule has 0 radical (unpaired) electrons. The van der Waals surface area contributed by atoms with Crippen molar-refractivity contribution in [1.29, 1.82) is 0 Å². The molecule has 0 unspecified atom stereocenters. The second-order valence-electron chi connectivity index (χ2n) is 7.39. The summed E-state index contributed by atoms with van der Waals surface area (Å²) in [5.41, 5.74) is 2.20. The van der Waals surface area contributed by atoms with Gasteiger partial charge in [0.15, 0.2) is 0 Å². The second-order valence-corrected chi connectivity index (χ2v) is 7.79. The molecule has 7 heteroatoms. The summed E-state index contributed by atoms with van der Waals surface area (Å²) in [4.78, 5) is 26.6. The Balaban J connectivity index is 1.91. The molecule has 0 fully saturated rings. The summed E-state index contributed by atoms with van der Waals surface area (Å²) in [5.74, 6) is -0.982. The van der Waals surface area contributed by atoms with Crippen molar-refractivity contribution in [2.45, 2.75) is 26.3 Å². The van der Waals surface area contributed by atoms with Crippen LogP contribution in [0.15, 0.2) is 53.6 Å². The van der Waals surface area contributed by atoms with Crippen molar-refractivity contribution < 1.29 is 14.0 Å². The van der Waals surface area contributed by atoms with E-state index in [2.05, 4.69) is 5.10 Å². The molecule has 152 valence electrons. The maximum absolute atomic E-state index is 13.4. The molecule has 2 aromatic rings. The van der Waals surface area contributed by atoms with E-state index in [0.29, 0.717) is 17.2 Å². The molecular weight excluding hydrogens is 393 g/mol. The number of nitrogens with zero attached hydrogens (tertiary/aromatic N) is 3. The van der Waals surface area contributed by atoms with Gasteiger partial charge in [0.25, 0.3) is 5.91 Å². The van der Waals surface area contributed by atoms with Gasteiger partial charge in [-0.1, -0.05) is 55.8 Å². The first-order chi connectivity index (χ1) is 13.8. The van der Waals surface area contributed by atoms with E-state index in [4.69, 9.17) is 11.6 Å². The highest BCUT2D eigenvalue weighted by Crippen LogP contribution is 2.34. The molecule has 2 amide bonds. The van der Waals surface area contributed by atoms with Crippen LogP contribution in [0.1, 0.15) is 37.4 Å². The quantitative estimate of drug-likeness (QED) is 0.732. The number of hydrazone groups is 1. The standard InChI is InChI=1S/C22H23ClFN3O2/c1-14(2)22(29)26(3)13-21(28)27-20(15-8-10-16(24)11-9-15)12-19(25-27)17-6-4-5-7-18(17)23/h4-11,14,20H,12-13H2,1-3H3/t20-/m1/s1. The zero-order valence-electron chi connectivity index (χ0n) is 16.6. The third kappa shape index (κ3) is 4.65. The topological polar surface area (TPSA) is 53.0 Å². The summed E-state index contributed by atoms with van der Waals surface area (Å²) in [6.45, 7) is 3.48. The van der Waals surface area contributed by atoms with Crippen LogP contribution in [0, 0.1) is 11.7 Å². The van der Waals surface area contributed by atoms with Crippen LogP contribution < -0.4 is 0 Å². The van der Waals surface area contributed by atoms with Gasteiger partial charge < -0.3 is 4.90 Å². The molecule has 0 saturated heterocycles. The lowest BCUT2D eigenvalue weighted by molar-refractivity contribution is -0.142. The van der Waals surface area contributed by atoms with E-state index >= 15 is 0 Å². The molecule has 5 nitrogen and oxygen atoms in total. The van der Waals surface area contributed by atoms with Crippen LogP contribution in [0.25, 0.3) is 0 Å². The molecule has 0 spiro atoms. The molecule has 3 rings (SSSR count). The lowest BCUT2D eigenvalue weighted by Gasteiger charge is -2.25. The molecule has 1 aliphatic heterocycles. The van der Waals surface area contributed by atoms with Gasteiger partial charge >= 0.3 is 0 Å². The minimum absolute atomic E-state index is 0.0893. The van der Waals surface area contributed by atoms with Gasteiger partial charge in [0.2, 0.25) is 5.91 Å². The Labute approximate surface area is 174 Å². The van der Waals surface area contributed by atoms with Crippen molar-refractivity contribution in [3.63, 3.8) is 0 Å². The summed E-state index contributed by atoms with van der Waals surface area (Å²) in [6, 6.07) is 12.9. The van der Waals surface area contributed by atoms with Gasteiger partial charge in [0.05, 0.1) is 11.8 Å². The largest absolute Gasteiger partial charge is 0.336 e. The molecule has 0 bridgehead atoms. The first kappa shape index (κ1) is 21.0. The number of amides is 2. The van der Waals surface area contributed by atoms with Crippen LogP contribution in [-0.2, 0) is 9.59 Å². The Kier molecular flexibility index (Phi) is 6.33. The zero-order valence-corrected chi connectivity index (χ0v) is 17.4. The molecular formula is C22H23ClFN3O2. The van der Waals surface area contributed by atoms with Gasteiger partial charge in [-0.2, -0.15) is 5.10 Å². The fraction of sp³-hybridized carbons (Fsp3) is 0.318. The average Bonchev–Trinajstić information content (AvgIpc) is 3.13. The predicted molar refractivity (Wildman–Crippen MR) is 111 cm³/mol. The Bertz CT molecular complexity index is 943. The van der Waals surface area contributed by atoms with Crippen LogP contribution in [0.2, 0.25) is 5.02 Å². The minimum Gasteiger partial charge on any atom is -0.336 e. The summed E-state index contributed by atoms with van der Waals surface area (Å²) in [5, 5.41) is 6.47. The normalized spacial score (nSPS) is 16.1. The highest BCUT2D eigenvalue weighted by atomic mass is 35.5. The van der Waals surface area contributed by atoms with Crippen LogP contribution >= 0.6 is 11.6 Å². The zero-order chi connectivity index (χ0) is 21.1. The maximum atomic E-state index is 13.4. The number of hydrogen-bond acceptors (Lipinski definition) is 3. The average molecular weight is 416 g/mol. The van der Waals surface area contributed by atoms with Gasteiger partial charge in [-0.25, -0.2) is 9.40 Å². The smallest absolute Gasteiger partial charge is 0.262 e. The Hall–Kier alpha value is -2.73. The number of rotatable bonds is 5. The van der Waals surface area contributed by atoms with E-state index in [0.717, 1.165) is 11.1 Å². The van der Waals surface area contributed by atoms with Crippen LogP contribution in [0.3, 0.4) is 0 Å². The monoisotopic (exact) mass is 415 g/mol.